The lowest BCUT2D eigenvalue weighted by atomic mass is 9.84. The van der Waals surface area contributed by atoms with Crippen LogP contribution >= 0.6 is 0 Å². The SMILES string of the molecule is CC(C)(C)C(=O)O/C=C\CC(O)C1CCCCC1. The Morgan fingerprint density at radius 3 is 2.50 bits per heavy atom. The number of aliphatic hydroxyl groups is 1. The van der Waals surface area contributed by atoms with E-state index in [1.807, 2.05) is 20.8 Å². The van der Waals surface area contributed by atoms with Crippen LogP contribution in [-0.4, -0.2) is 17.2 Å². The predicted octanol–water partition coefficient (Wildman–Crippen LogP) is 3.42. The van der Waals surface area contributed by atoms with Crippen LogP contribution in [0.25, 0.3) is 0 Å². The monoisotopic (exact) mass is 254 g/mol. The first-order chi connectivity index (χ1) is 8.41. The average molecular weight is 254 g/mol. The highest BCUT2D eigenvalue weighted by Crippen LogP contribution is 2.27. The van der Waals surface area contributed by atoms with Gasteiger partial charge in [0.05, 0.1) is 17.8 Å². The molecule has 0 aliphatic heterocycles. The lowest BCUT2D eigenvalue weighted by Crippen LogP contribution is -2.22. The Balaban J connectivity index is 2.25. The van der Waals surface area contributed by atoms with E-state index in [0.29, 0.717) is 12.3 Å². The summed E-state index contributed by atoms with van der Waals surface area (Å²) in [6, 6.07) is 0. The highest BCUT2D eigenvalue weighted by molar-refractivity contribution is 5.75. The maximum Gasteiger partial charge on any atom is 0.316 e. The Morgan fingerprint density at radius 1 is 1.33 bits per heavy atom. The number of carbonyl (C=O) groups is 1. The third-order valence-electron chi connectivity index (χ3n) is 3.46. The van der Waals surface area contributed by atoms with E-state index in [9.17, 15) is 9.90 Å². The van der Waals surface area contributed by atoms with Crippen molar-refractivity contribution in [3.8, 4) is 0 Å². The summed E-state index contributed by atoms with van der Waals surface area (Å²) in [5, 5.41) is 10.0. The summed E-state index contributed by atoms with van der Waals surface area (Å²) >= 11 is 0. The summed E-state index contributed by atoms with van der Waals surface area (Å²) in [6.07, 6.45) is 9.44. The van der Waals surface area contributed by atoms with Crippen molar-refractivity contribution >= 4 is 5.97 Å². The second-order valence-corrected chi connectivity index (χ2v) is 6.23. The largest absolute Gasteiger partial charge is 0.434 e. The first kappa shape index (κ1) is 15.2. The minimum atomic E-state index is -0.480. The van der Waals surface area contributed by atoms with Crippen molar-refractivity contribution in [2.45, 2.75) is 65.4 Å². The molecule has 0 bridgehead atoms. The molecule has 1 aliphatic carbocycles. The summed E-state index contributed by atoms with van der Waals surface area (Å²) in [6.45, 7) is 5.46. The topological polar surface area (TPSA) is 46.5 Å². The quantitative estimate of drug-likeness (QED) is 0.617. The van der Waals surface area contributed by atoms with Gasteiger partial charge in [-0.25, -0.2) is 0 Å². The van der Waals surface area contributed by atoms with E-state index >= 15 is 0 Å². The maximum absolute atomic E-state index is 11.5. The summed E-state index contributed by atoms with van der Waals surface area (Å²) in [5.74, 6) is 0.174. The molecule has 1 atom stereocenters. The van der Waals surface area contributed by atoms with E-state index < -0.39 is 5.41 Å². The van der Waals surface area contributed by atoms with Crippen LogP contribution in [0.2, 0.25) is 0 Å². The van der Waals surface area contributed by atoms with E-state index in [1.165, 1.54) is 25.5 Å². The smallest absolute Gasteiger partial charge is 0.316 e. The van der Waals surface area contributed by atoms with Gasteiger partial charge in [0.2, 0.25) is 0 Å². The van der Waals surface area contributed by atoms with Gasteiger partial charge in [-0.1, -0.05) is 19.3 Å². The minimum absolute atomic E-state index is 0.245. The van der Waals surface area contributed by atoms with Crippen molar-refractivity contribution < 1.29 is 14.6 Å². The third-order valence-corrected chi connectivity index (χ3v) is 3.46. The fourth-order valence-electron chi connectivity index (χ4n) is 2.19. The molecule has 1 rings (SSSR count). The molecular formula is C15H26O3. The Kier molecular flexibility index (Phi) is 5.86. The molecule has 1 unspecified atom stereocenters. The second-order valence-electron chi connectivity index (χ2n) is 6.23. The zero-order valence-corrected chi connectivity index (χ0v) is 11.8. The van der Waals surface area contributed by atoms with Gasteiger partial charge in [0, 0.05) is 0 Å². The summed E-state index contributed by atoms with van der Waals surface area (Å²) < 4.78 is 5.01. The molecule has 0 radical (unpaired) electrons. The van der Waals surface area contributed by atoms with Gasteiger partial charge in [-0.15, -0.1) is 0 Å². The Morgan fingerprint density at radius 2 is 1.94 bits per heavy atom. The fourth-order valence-corrected chi connectivity index (χ4v) is 2.19. The number of ether oxygens (including phenoxy) is 1. The van der Waals surface area contributed by atoms with Gasteiger partial charge in [-0.3, -0.25) is 4.79 Å². The Bertz CT molecular complexity index is 283. The van der Waals surface area contributed by atoms with Crippen LogP contribution in [0.4, 0.5) is 0 Å². The first-order valence-corrected chi connectivity index (χ1v) is 6.95. The Labute approximate surface area is 110 Å². The van der Waals surface area contributed by atoms with Crippen molar-refractivity contribution in [2.75, 3.05) is 0 Å². The normalized spacial score (nSPS) is 20.0. The molecule has 0 saturated heterocycles. The number of esters is 1. The van der Waals surface area contributed by atoms with Crippen molar-refractivity contribution in [1.82, 2.24) is 0 Å². The Hall–Kier alpha value is -0.830. The molecule has 0 aromatic carbocycles. The van der Waals surface area contributed by atoms with Gasteiger partial charge < -0.3 is 9.84 Å². The maximum atomic E-state index is 11.5. The lowest BCUT2D eigenvalue weighted by Gasteiger charge is -2.25. The molecule has 3 nitrogen and oxygen atoms in total. The molecule has 3 heteroatoms. The second kappa shape index (κ2) is 6.93. The van der Waals surface area contributed by atoms with Crippen molar-refractivity contribution in [3.05, 3.63) is 12.3 Å². The van der Waals surface area contributed by atoms with E-state index in [-0.39, 0.29) is 12.1 Å². The predicted molar refractivity (Wildman–Crippen MR) is 71.9 cm³/mol. The molecule has 0 spiro atoms. The van der Waals surface area contributed by atoms with Crippen LogP contribution in [0.15, 0.2) is 12.3 Å². The molecular weight excluding hydrogens is 228 g/mol. The van der Waals surface area contributed by atoms with Gasteiger partial charge in [0.1, 0.15) is 0 Å². The van der Waals surface area contributed by atoms with Gasteiger partial charge in [0.25, 0.3) is 0 Å². The minimum Gasteiger partial charge on any atom is -0.434 e. The zero-order valence-electron chi connectivity index (χ0n) is 11.8. The van der Waals surface area contributed by atoms with E-state index in [0.717, 1.165) is 12.8 Å². The molecule has 0 amide bonds. The van der Waals surface area contributed by atoms with Crippen molar-refractivity contribution in [1.29, 1.82) is 0 Å². The van der Waals surface area contributed by atoms with Crippen LogP contribution in [0.1, 0.15) is 59.3 Å². The summed E-state index contributed by atoms with van der Waals surface area (Å²) in [4.78, 5) is 11.5. The van der Waals surface area contributed by atoms with E-state index in [1.54, 1.807) is 6.08 Å². The zero-order chi connectivity index (χ0) is 13.6. The molecule has 0 aromatic rings. The standard InChI is InChI=1S/C15H26O3/c1-15(2,3)14(17)18-11-7-10-13(16)12-8-5-4-6-9-12/h7,11-13,16H,4-6,8-10H2,1-3H3/b11-7-. The molecule has 1 fully saturated rings. The van der Waals surface area contributed by atoms with E-state index in [4.69, 9.17) is 4.74 Å². The van der Waals surface area contributed by atoms with Crippen LogP contribution in [0.3, 0.4) is 0 Å². The molecule has 0 heterocycles. The highest BCUT2D eigenvalue weighted by atomic mass is 16.5. The van der Waals surface area contributed by atoms with Crippen LogP contribution in [-0.2, 0) is 9.53 Å². The first-order valence-electron chi connectivity index (χ1n) is 6.95. The van der Waals surface area contributed by atoms with Gasteiger partial charge >= 0.3 is 5.97 Å². The number of aliphatic hydroxyl groups excluding tert-OH is 1. The molecule has 18 heavy (non-hydrogen) atoms. The van der Waals surface area contributed by atoms with Crippen LogP contribution in [0.5, 0.6) is 0 Å². The van der Waals surface area contributed by atoms with Crippen LogP contribution in [0, 0.1) is 11.3 Å². The molecule has 0 aromatic heterocycles. The molecule has 104 valence electrons. The summed E-state index contributed by atoms with van der Waals surface area (Å²) in [7, 11) is 0. The number of carbonyl (C=O) groups excluding carboxylic acids is 1. The van der Waals surface area contributed by atoms with E-state index in [2.05, 4.69) is 0 Å². The highest BCUT2D eigenvalue weighted by Gasteiger charge is 2.23. The third kappa shape index (κ3) is 5.21. The number of hydrogen-bond acceptors (Lipinski definition) is 3. The fraction of sp³-hybridized carbons (Fsp3) is 0.800. The average Bonchev–Trinajstić information content (AvgIpc) is 2.34. The molecule has 1 saturated carbocycles. The summed E-state index contributed by atoms with van der Waals surface area (Å²) in [5.41, 5.74) is -0.480. The van der Waals surface area contributed by atoms with Gasteiger partial charge in [-0.2, -0.15) is 0 Å². The van der Waals surface area contributed by atoms with Gasteiger partial charge in [0.15, 0.2) is 0 Å². The number of hydrogen-bond donors (Lipinski definition) is 1. The van der Waals surface area contributed by atoms with Gasteiger partial charge in [-0.05, 0) is 52.0 Å². The van der Waals surface area contributed by atoms with Crippen molar-refractivity contribution in [3.63, 3.8) is 0 Å². The van der Waals surface area contributed by atoms with Crippen molar-refractivity contribution in [2.24, 2.45) is 11.3 Å². The molecule has 1 aliphatic rings. The number of rotatable bonds is 4. The van der Waals surface area contributed by atoms with Crippen LogP contribution < -0.4 is 0 Å². The molecule has 1 N–H and O–H groups in total. The lowest BCUT2D eigenvalue weighted by molar-refractivity contribution is -0.146.